The molecule has 0 spiro atoms. The Morgan fingerprint density at radius 3 is 1.69 bits per heavy atom. The minimum Gasteiger partial charge on any atom is -0.451 e. The average molecular weight is 428 g/mol. The first-order valence-corrected chi connectivity index (χ1v) is 10.2. The molecule has 1 atom stereocenters. The van der Waals surface area contributed by atoms with Crippen molar-refractivity contribution in [2.75, 3.05) is 6.61 Å². The fourth-order valence-electron chi connectivity index (χ4n) is 3.26. The smallest absolute Gasteiger partial charge is 0.337 e. The third-order valence-corrected chi connectivity index (χ3v) is 4.74. The van der Waals surface area contributed by atoms with E-state index in [0.29, 0.717) is 5.56 Å². The molecule has 0 aromatic heterocycles. The highest BCUT2D eigenvalue weighted by Gasteiger charge is 2.35. The molecule has 3 aromatic rings. The molecule has 0 unspecified atom stereocenters. The average Bonchev–Trinajstić information content (AvgIpc) is 2.86. The minimum absolute atomic E-state index is 0.0387. The molecular formula is C27H25NO4. The summed E-state index contributed by atoms with van der Waals surface area (Å²) in [5, 5.41) is 0.986. The molecule has 0 aliphatic heterocycles. The highest BCUT2D eigenvalue weighted by atomic mass is 16.7. The number of ether oxygens (including phenoxy) is 1. The molecule has 0 aliphatic rings. The van der Waals surface area contributed by atoms with Crippen LogP contribution in [-0.2, 0) is 19.2 Å². The Labute approximate surface area is 188 Å². The number of esters is 1. The first kappa shape index (κ1) is 22.7. The van der Waals surface area contributed by atoms with E-state index in [-0.39, 0.29) is 6.61 Å². The lowest BCUT2D eigenvalue weighted by atomic mass is 10.0. The second-order valence-electron chi connectivity index (χ2n) is 6.90. The van der Waals surface area contributed by atoms with Crippen molar-refractivity contribution in [2.45, 2.75) is 12.1 Å². The molecular weight excluding hydrogens is 402 g/mol. The van der Waals surface area contributed by atoms with Crippen LogP contribution in [-0.4, -0.2) is 23.5 Å². The second-order valence-corrected chi connectivity index (χ2v) is 6.90. The Hall–Kier alpha value is -3.96. The van der Waals surface area contributed by atoms with Crippen LogP contribution in [0.3, 0.4) is 0 Å². The van der Waals surface area contributed by atoms with E-state index in [2.05, 4.69) is 13.2 Å². The zero-order chi connectivity index (χ0) is 22.8. The fraction of sp³-hybridized carbons (Fsp3) is 0.111. The highest BCUT2D eigenvalue weighted by molar-refractivity contribution is 5.91. The summed E-state index contributed by atoms with van der Waals surface area (Å²) in [7, 11) is 0. The van der Waals surface area contributed by atoms with E-state index >= 15 is 0 Å². The summed E-state index contributed by atoms with van der Waals surface area (Å²) in [6.45, 7) is 7.19. The maximum Gasteiger partial charge on any atom is 0.337 e. The van der Waals surface area contributed by atoms with Crippen LogP contribution in [0.4, 0.5) is 0 Å². The maximum absolute atomic E-state index is 13.6. The molecule has 1 amide bonds. The topological polar surface area (TPSA) is 55.8 Å². The zero-order valence-corrected chi connectivity index (χ0v) is 17.7. The van der Waals surface area contributed by atoms with Gasteiger partial charge in [-0.3, -0.25) is 9.63 Å². The standard InChI is InChI=1S/C27H25NO4/c1-3-20-31-28(24(29)4-2)25(21-14-8-5-9-15-21)27(30)32-26(22-16-10-6-11-17-22)23-18-12-7-13-19-23/h3-19,25-26H,1-2,20H2/t25-/m1/s1. The van der Waals surface area contributed by atoms with Gasteiger partial charge in [0.1, 0.15) is 0 Å². The number of carbonyl (C=O) groups is 2. The Bertz CT molecular complexity index is 996. The summed E-state index contributed by atoms with van der Waals surface area (Å²) in [4.78, 5) is 31.7. The van der Waals surface area contributed by atoms with E-state index in [9.17, 15) is 9.59 Å². The summed E-state index contributed by atoms with van der Waals surface area (Å²) in [5.74, 6) is -1.19. The van der Waals surface area contributed by atoms with Crippen LogP contribution >= 0.6 is 0 Å². The van der Waals surface area contributed by atoms with Gasteiger partial charge in [0.15, 0.2) is 12.1 Å². The number of benzene rings is 3. The van der Waals surface area contributed by atoms with Gasteiger partial charge in [-0.05, 0) is 22.8 Å². The van der Waals surface area contributed by atoms with Crippen molar-refractivity contribution in [1.82, 2.24) is 5.06 Å². The van der Waals surface area contributed by atoms with Crippen LogP contribution in [0.2, 0.25) is 0 Å². The van der Waals surface area contributed by atoms with Crippen molar-refractivity contribution >= 4 is 11.9 Å². The van der Waals surface area contributed by atoms with E-state index in [4.69, 9.17) is 9.57 Å². The summed E-state index contributed by atoms with van der Waals surface area (Å²) in [5.41, 5.74) is 2.18. The van der Waals surface area contributed by atoms with E-state index < -0.39 is 24.0 Å². The van der Waals surface area contributed by atoms with Crippen LogP contribution in [0.25, 0.3) is 0 Å². The van der Waals surface area contributed by atoms with Gasteiger partial charge in [-0.2, -0.15) is 5.06 Å². The quantitative estimate of drug-likeness (QED) is 0.193. The molecule has 0 heterocycles. The number of nitrogens with zero attached hydrogens (tertiary/aromatic N) is 1. The lowest BCUT2D eigenvalue weighted by molar-refractivity contribution is -0.203. The van der Waals surface area contributed by atoms with Crippen molar-refractivity contribution < 1.29 is 19.2 Å². The Morgan fingerprint density at radius 1 is 0.781 bits per heavy atom. The van der Waals surface area contributed by atoms with Gasteiger partial charge in [0.05, 0.1) is 6.61 Å². The van der Waals surface area contributed by atoms with Crippen molar-refractivity contribution in [3.8, 4) is 0 Å². The molecule has 0 saturated carbocycles. The normalized spacial score (nSPS) is 11.4. The molecule has 0 radical (unpaired) electrons. The van der Waals surface area contributed by atoms with Gasteiger partial charge in [0.25, 0.3) is 5.91 Å². The Morgan fingerprint density at radius 2 is 1.25 bits per heavy atom. The van der Waals surface area contributed by atoms with Gasteiger partial charge >= 0.3 is 5.97 Å². The molecule has 32 heavy (non-hydrogen) atoms. The van der Waals surface area contributed by atoms with Gasteiger partial charge in [-0.15, -0.1) is 6.58 Å². The minimum atomic E-state index is -1.13. The number of rotatable bonds is 10. The van der Waals surface area contributed by atoms with Crippen molar-refractivity contribution in [1.29, 1.82) is 0 Å². The predicted octanol–water partition coefficient (Wildman–Crippen LogP) is 5.19. The zero-order valence-electron chi connectivity index (χ0n) is 17.7. The molecule has 0 bridgehead atoms. The van der Waals surface area contributed by atoms with Crippen LogP contribution in [0.5, 0.6) is 0 Å². The predicted molar refractivity (Wildman–Crippen MR) is 123 cm³/mol. The van der Waals surface area contributed by atoms with E-state index in [1.54, 1.807) is 24.3 Å². The summed E-state index contributed by atoms with van der Waals surface area (Å²) < 4.78 is 6.02. The first-order valence-electron chi connectivity index (χ1n) is 10.2. The SMILES string of the molecule is C=CCON(C(=O)C=C)[C@@H](C(=O)OC(c1ccccc1)c1ccccc1)c1ccccc1. The van der Waals surface area contributed by atoms with Crippen LogP contribution in [0.1, 0.15) is 28.8 Å². The van der Waals surface area contributed by atoms with Crippen molar-refractivity contribution in [2.24, 2.45) is 0 Å². The molecule has 0 aliphatic carbocycles. The molecule has 0 saturated heterocycles. The monoisotopic (exact) mass is 427 g/mol. The van der Waals surface area contributed by atoms with Gasteiger partial charge < -0.3 is 4.74 Å². The van der Waals surface area contributed by atoms with Crippen molar-refractivity contribution in [3.63, 3.8) is 0 Å². The number of carbonyl (C=O) groups excluding carboxylic acids is 2. The molecule has 3 rings (SSSR count). The maximum atomic E-state index is 13.6. The van der Waals surface area contributed by atoms with Crippen LogP contribution < -0.4 is 0 Å². The van der Waals surface area contributed by atoms with Crippen molar-refractivity contribution in [3.05, 3.63) is 133 Å². The Balaban J connectivity index is 2.01. The third kappa shape index (κ3) is 5.59. The summed E-state index contributed by atoms with van der Waals surface area (Å²) in [6, 6.07) is 26.6. The Kier molecular flexibility index (Phi) is 8.12. The van der Waals surface area contributed by atoms with Gasteiger partial charge in [-0.1, -0.05) is 104 Å². The van der Waals surface area contributed by atoms with E-state index in [1.165, 1.54) is 6.08 Å². The van der Waals surface area contributed by atoms with Crippen LogP contribution in [0.15, 0.2) is 116 Å². The van der Waals surface area contributed by atoms with Gasteiger partial charge in [-0.25, -0.2) is 4.79 Å². The fourth-order valence-corrected chi connectivity index (χ4v) is 3.26. The summed E-state index contributed by atoms with van der Waals surface area (Å²) in [6.07, 6.45) is 1.93. The molecule has 5 heteroatoms. The summed E-state index contributed by atoms with van der Waals surface area (Å²) >= 11 is 0. The first-order chi connectivity index (χ1) is 15.7. The molecule has 5 nitrogen and oxygen atoms in total. The second kappa shape index (κ2) is 11.4. The molecule has 3 aromatic carbocycles. The molecule has 162 valence electrons. The largest absolute Gasteiger partial charge is 0.451 e. The lowest BCUT2D eigenvalue weighted by Gasteiger charge is -2.30. The van der Waals surface area contributed by atoms with E-state index in [0.717, 1.165) is 22.3 Å². The number of hydrogen-bond acceptors (Lipinski definition) is 4. The van der Waals surface area contributed by atoms with Crippen LogP contribution in [0, 0.1) is 0 Å². The lowest BCUT2D eigenvalue weighted by Crippen LogP contribution is -2.39. The van der Waals surface area contributed by atoms with Gasteiger partial charge in [0.2, 0.25) is 0 Å². The highest BCUT2D eigenvalue weighted by Crippen LogP contribution is 2.31. The molecule has 0 N–H and O–H groups in total. The van der Waals surface area contributed by atoms with Gasteiger partial charge in [0, 0.05) is 0 Å². The third-order valence-electron chi connectivity index (χ3n) is 4.74. The van der Waals surface area contributed by atoms with E-state index in [1.807, 2.05) is 66.7 Å². The number of hydroxylamine groups is 2. The molecule has 0 fully saturated rings. The number of hydrogen-bond donors (Lipinski definition) is 0. The number of amides is 1.